The van der Waals surface area contributed by atoms with Gasteiger partial charge in [0.2, 0.25) is 0 Å². The lowest BCUT2D eigenvalue weighted by molar-refractivity contribution is 0.505. The van der Waals surface area contributed by atoms with Crippen LogP contribution < -0.4 is 5.32 Å². The van der Waals surface area contributed by atoms with Crippen LogP contribution in [0, 0.1) is 11.6 Å². The highest BCUT2D eigenvalue weighted by atomic mass is 79.9. The van der Waals surface area contributed by atoms with Crippen LogP contribution in [0.1, 0.15) is 16.5 Å². The normalized spacial score (nSPS) is 12.7. The van der Waals surface area contributed by atoms with Crippen molar-refractivity contribution in [1.29, 1.82) is 0 Å². The van der Waals surface area contributed by atoms with Crippen LogP contribution in [0.15, 0.2) is 28.7 Å². The van der Waals surface area contributed by atoms with Crippen molar-refractivity contribution >= 4 is 38.9 Å². The Kier molecular flexibility index (Phi) is 4.95. The molecule has 1 aromatic heterocycles. The van der Waals surface area contributed by atoms with Crippen LogP contribution in [-0.2, 0) is 6.42 Å². The number of hydrogen-bond acceptors (Lipinski definition) is 2. The van der Waals surface area contributed by atoms with Gasteiger partial charge in [-0.3, -0.25) is 0 Å². The van der Waals surface area contributed by atoms with Gasteiger partial charge in [0, 0.05) is 15.4 Å². The fourth-order valence-corrected chi connectivity index (χ4v) is 3.63. The Balaban J connectivity index is 2.21. The molecule has 19 heavy (non-hydrogen) atoms. The molecule has 0 amide bonds. The average molecular weight is 367 g/mol. The molecule has 0 saturated carbocycles. The van der Waals surface area contributed by atoms with Gasteiger partial charge in [0.25, 0.3) is 0 Å². The molecule has 0 fully saturated rings. The zero-order valence-electron chi connectivity index (χ0n) is 10.0. The van der Waals surface area contributed by atoms with Gasteiger partial charge in [-0.05, 0) is 53.2 Å². The molecule has 1 atom stereocenters. The Bertz CT molecular complexity index is 569. The van der Waals surface area contributed by atoms with Crippen molar-refractivity contribution in [3.63, 3.8) is 0 Å². The first-order valence-corrected chi connectivity index (χ1v) is 7.56. The van der Waals surface area contributed by atoms with E-state index in [1.54, 1.807) is 6.07 Å². The monoisotopic (exact) mass is 365 g/mol. The van der Waals surface area contributed by atoms with Crippen molar-refractivity contribution in [1.82, 2.24) is 5.32 Å². The molecule has 6 heteroatoms. The summed E-state index contributed by atoms with van der Waals surface area (Å²) in [6.45, 7) is 0. The molecule has 1 N–H and O–H groups in total. The summed E-state index contributed by atoms with van der Waals surface area (Å²) in [4.78, 5) is 1.05. The number of likely N-dealkylation sites (N-methyl/N-ethyl adjacent to an activating group) is 1. The molecule has 1 heterocycles. The van der Waals surface area contributed by atoms with Gasteiger partial charge in [0.1, 0.15) is 4.34 Å². The van der Waals surface area contributed by atoms with Gasteiger partial charge in [-0.2, -0.15) is 0 Å². The predicted octanol–water partition coefficient (Wildman–Crippen LogP) is 4.95. The first-order chi connectivity index (χ1) is 9.01. The topological polar surface area (TPSA) is 12.0 Å². The maximum atomic E-state index is 13.2. The summed E-state index contributed by atoms with van der Waals surface area (Å²) in [5, 5.41) is 3.16. The summed E-state index contributed by atoms with van der Waals surface area (Å²) in [7, 11) is 1.83. The highest BCUT2D eigenvalue weighted by molar-refractivity contribution is 9.10. The third-order valence-corrected chi connectivity index (χ3v) is 5.37. The molecule has 1 unspecified atom stereocenters. The summed E-state index contributed by atoms with van der Waals surface area (Å²) < 4.78 is 27.6. The standard InChI is InChI=1S/C13H11BrClF2NS/c1-18-11(12-6-8(14)13(15)19-12)5-7-2-3-9(16)10(17)4-7/h2-4,6,11,18H,5H2,1H3. The quantitative estimate of drug-likeness (QED) is 0.807. The first-order valence-electron chi connectivity index (χ1n) is 5.57. The van der Waals surface area contributed by atoms with Crippen molar-refractivity contribution in [3.05, 3.63) is 55.1 Å². The summed E-state index contributed by atoms with van der Waals surface area (Å²) in [5.74, 6) is -1.65. The molecule has 2 aromatic rings. The van der Waals surface area contributed by atoms with E-state index < -0.39 is 11.6 Å². The van der Waals surface area contributed by atoms with E-state index in [0.717, 1.165) is 21.0 Å². The number of hydrogen-bond donors (Lipinski definition) is 1. The van der Waals surface area contributed by atoms with E-state index in [4.69, 9.17) is 11.6 Å². The maximum Gasteiger partial charge on any atom is 0.159 e. The van der Waals surface area contributed by atoms with E-state index in [9.17, 15) is 8.78 Å². The van der Waals surface area contributed by atoms with Crippen LogP contribution in [0.5, 0.6) is 0 Å². The maximum absolute atomic E-state index is 13.2. The van der Waals surface area contributed by atoms with E-state index in [-0.39, 0.29) is 6.04 Å². The van der Waals surface area contributed by atoms with Crippen LogP contribution in [0.2, 0.25) is 4.34 Å². The molecular weight excluding hydrogens is 356 g/mol. The predicted molar refractivity (Wildman–Crippen MR) is 78.9 cm³/mol. The number of rotatable bonds is 4. The largest absolute Gasteiger partial charge is 0.312 e. The number of halogens is 4. The van der Waals surface area contributed by atoms with E-state index in [1.165, 1.54) is 17.4 Å². The lowest BCUT2D eigenvalue weighted by Crippen LogP contribution is -2.17. The van der Waals surface area contributed by atoms with Crippen LogP contribution >= 0.6 is 38.9 Å². The molecule has 0 aliphatic heterocycles. The SMILES string of the molecule is CNC(Cc1ccc(F)c(F)c1)c1cc(Br)c(Cl)s1. The minimum atomic E-state index is -0.827. The average Bonchev–Trinajstić information content (AvgIpc) is 2.71. The molecule has 1 aromatic carbocycles. The molecule has 102 valence electrons. The second kappa shape index (κ2) is 6.31. The van der Waals surface area contributed by atoms with Gasteiger partial charge < -0.3 is 5.32 Å². The fraction of sp³-hybridized carbons (Fsp3) is 0.231. The highest BCUT2D eigenvalue weighted by Crippen LogP contribution is 2.36. The molecule has 0 aliphatic carbocycles. The number of benzene rings is 1. The number of nitrogens with one attached hydrogen (secondary N) is 1. The third kappa shape index (κ3) is 3.54. The van der Waals surface area contributed by atoms with Crippen molar-refractivity contribution < 1.29 is 8.78 Å². The summed E-state index contributed by atoms with van der Waals surface area (Å²) in [5.41, 5.74) is 0.735. The van der Waals surface area contributed by atoms with Crippen molar-refractivity contribution in [2.45, 2.75) is 12.5 Å². The third-order valence-electron chi connectivity index (χ3n) is 2.78. The van der Waals surface area contributed by atoms with E-state index in [1.807, 2.05) is 13.1 Å². The first kappa shape index (κ1) is 14.9. The Morgan fingerprint density at radius 1 is 1.32 bits per heavy atom. The second-order valence-corrected chi connectivity index (χ2v) is 6.60. The van der Waals surface area contributed by atoms with Gasteiger partial charge in [0.15, 0.2) is 11.6 Å². The zero-order valence-corrected chi connectivity index (χ0v) is 13.2. The molecule has 0 radical (unpaired) electrons. The van der Waals surface area contributed by atoms with Crippen molar-refractivity contribution in [2.24, 2.45) is 0 Å². The minimum Gasteiger partial charge on any atom is -0.312 e. The van der Waals surface area contributed by atoms with Gasteiger partial charge in [0.05, 0.1) is 0 Å². The van der Waals surface area contributed by atoms with Crippen LogP contribution in [0.25, 0.3) is 0 Å². The highest BCUT2D eigenvalue weighted by Gasteiger charge is 2.15. The number of thiophene rings is 1. The van der Waals surface area contributed by atoms with Crippen LogP contribution in [0.4, 0.5) is 8.78 Å². The van der Waals surface area contributed by atoms with Crippen molar-refractivity contribution in [3.8, 4) is 0 Å². The van der Waals surface area contributed by atoms with Gasteiger partial charge in [-0.1, -0.05) is 17.7 Å². The Morgan fingerprint density at radius 2 is 2.05 bits per heavy atom. The molecule has 2 rings (SSSR count). The fourth-order valence-electron chi connectivity index (χ4n) is 1.78. The zero-order chi connectivity index (χ0) is 14.0. The second-order valence-electron chi connectivity index (χ2n) is 4.06. The van der Waals surface area contributed by atoms with Crippen molar-refractivity contribution in [2.75, 3.05) is 7.05 Å². The minimum absolute atomic E-state index is 0.0126. The Hall–Kier alpha value is -0.490. The van der Waals surface area contributed by atoms with Crippen LogP contribution in [-0.4, -0.2) is 7.05 Å². The molecule has 0 bridgehead atoms. The lowest BCUT2D eigenvalue weighted by atomic mass is 10.0. The summed E-state index contributed by atoms with van der Waals surface area (Å²) >= 11 is 10.8. The summed E-state index contributed by atoms with van der Waals surface area (Å²) in [6, 6.07) is 5.92. The lowest BCUT2D eigenvalue weighted by Gasteiger charge is -2.14. The molecule has 0 saturated heterocycles. The van der Waals surface area contributed by atoms with Gasteiger partial charge in [-0.15, -0.1) is 11.3 Å². The Morgan fingerprint density at radius 3 is 2.58 bits per heavy atom. The van der Waals surface area contributed by atoms with E-state index in [0.29, 0.717) is 10.8 Å². The van der Waals surface area contributed by atoms with Crippen LogP contribution in [0.3, 0.4) is 0 Å². The van der Waals surface area contributed by atoms with Gasteiger partial charge >= 0.3 is 0 Å². The van der Waals surface area contributed by atoms with E-state index in [2.05, 4.69) is 21.2 Å². The molecule has 0 aliphatic rings. The molecular formula is C13H11BrClF2NS. The smallest absolute Gasteiger partial charge is 0.159 e. The summed E-state index contributed by atoms with van der Waals surface area (Å²) in [6.07, 6.45) is 0.566. The Labute approximate surface area is 127 Å². The van der Waals surface area contributed by atoms with Gasteiger partial charge in [-0.25, -0.2) is 8.78 Å². The molecule has 1 nitrogen and oxygen atoms in total. The van der Waals surface area contributed by atoms with E-state index >= 15 is 0 Å². The molecule has 0 spiro atoms.